The zero-order valence-corrected chi connectivity index (χ0v) is 11.9. The van der Waals surface area contributed by atoms with E-state index in [0.717, 1.165) is 42.3 Å². The molecule has 0 aliphatic rings. The Morgan fingerprint density at radius 3 is 2.68 bits per heavy atom. The maximum Gasteiger partial charge on any atom is 0.152 e. The summed E-state index contributed by atoms with van der Waals surface area (Å²) in [5.41, 5.74) is 10.1. The molecule has 2 aromatic rings. The van der Waals surface area contributed by atoms with Crippen LogP contribution in [0.25, 0.3) is 0 Å². The minimum Gasteiger partial charge on any atom is -0.394 e. The van der Waals surface area contributed by atoms with Gasteiger partial charge >= 0.3 is 0 Å². The van der Waals surface area contributed by atoms with E-state index in [1.807, 2.05) is 17.7 Å². The Labute approximate surface area is 114 Å². The summed E-state index contributed by atoms with van der Waals surface area (Å²) < 4.78 is 1.96. The number of nitrogens with two attached hydrogens (primary N) is 1. The van der Waals surface area contributed by atoms with Crippen LogP contribution < -0.4 is 11.1 Å². The van der Waals surface area contributed by atoms with Crippen molar-refractivity contribution in [1.82, 2.24) is 9.78 Å². The van der Waals surface area contributed by atoms with Crippen molar-refractivity contribution in [3.05, 3.63) is 35.5 Å². The van der Waals surface area contributed by atoms with Gasteiger partial charge in [0.2, 0.25) is 0 Å². The number of benzene rings is 1. The molecule has 0 unspecified atom stereocenters. The lowest BCUT2D eigenvalue weighted by Crippen LogP contribution is -2.06. The fourth-order valence-electron chi connectivity index (χ4n) is 2.18. The van der Waals surface area contributed by atoms with Gasteiger partial charge in [0.15, 0.2) is 5.82 Å². The first kappa shape index (κ1) is 13.5. The Bertz CT molecular complexity index is 557. The third-order valence-corrected chi connectivity index (χ3v) is 3.26. The molecule has 4 heteroatoms. The van der Waals surface area contributed by atoms with Crippen LogP contribution >= 0.6 is 0 Å². The molecule has 0 aliphatic heterocycles. The van der Waals surface area contributed by atoms with E-state index in [2.05, 4.69) is 42.5 Å². The summed E-state index contributed by atoms with van der Waals surface area (Å²) in [5.74, 6) is 0.903. The number of nitrogens with zero attached hydrogens (tertiary/aromatic N) is 2. The van der Waals surface area contributed by atoms with Crippen molar-refractivity contribution in [2.45, 2.75) is 40.2 Å². The molecule has 19 heavy (non-hydrogen) atoms. The first-order valence-corrected chi connectivity index (χ1v) is 6.85. The van der Waals surface area contributed by atoms with Crippen LogP contribution in [-0.2, 0) is 13.0 Å². The number of aryl methyl sites for hydroxylation is 3. The molecule has 1 aromatic heterocycles. The Kier molecular flexibility index (Phi) is 4.10. The number of hydrogen-bond donors (Lipinski definition) is 2. The van der Waals surface area contributed by atoms with Crippen LogP contribution in [0.3, 0.4) is 0 Å². The van der Waals surface area contributed by atoms with Gasteiger partial charge in [0.05, 0.1) is 11.4 Å². The van der Waals surface area contributed by atoms with Gasteiger partial charge in [-0.15, -0.1) is 0 Å². The molecule has 0 aliphatic carbocycles. The Morgan fingerprint density at radius 1 is 1.26 bits per heavy atom. The van der Waals surface area contributed by atoms with E-state index in [4.69, 9.17) is 5.73 Å². The molecule has 102 valence electrons. The minimum atomic E-state index is 0.736. The van der Waals surface area contributed by atoms with Crippen LogP contribution in [0.4, 0.5) is 17.2 Å². The van der Waals surface area contributed by atoms with Gasteiger partial charge in [-0.2, -0.15) is 5.10 Å². The molecule has 1 aromatic carbocycles. The SMILES string of the molecule is CCCn1nc(C)c(N)c1Nc1ccccc1CC. The van der Waals surface area contributed by atoms with Crippen molar-refractivity contribution < 1.29 is 0 Å². The Morgan fingerprint density at radius 2 is 2.00 bits per heavy atom. The van der Waals surface area contributed by atoms with Crippen LogP contribution in [0.1, 0.15) is 31.5 Å². The van der Waals surface area contributed by atoms with E-state index in [0.29, 0.717) is 0 Å². The number of hydrogen-bond acceptors (Lipinski definition) is 3. The van der Waals surface area contributed by atoms with E-state index in [-0.39, 0.29) is 0 Å². The van der Waals surface area contributed by atoms with E-state index in [1.165, 1.54) is 5.56 Å². The first-order valence-electron chi connectivity index (χ1n) is 6.85. The largest absolute Gasteiger partial charge is 0.394 e. The summed E-state index contributed by atoms with van der Waals surface area (Å²) >= 11 is 0. The number of aromatic nitrogens is 2. The third kappa shape index (κ3) is 2.72. The van der Waals surface area contributed by atoms with E-state index >= 15 is 0 Å². The quantitative estimate of drug-likeness (QED) is 0.863. The molecule has 0 amide bonds. The molecule has 0 atom stereocenters. The highest BCUT2D eigenvalue weighted by Gasteiger charge is 2.13. The molecule has 0 saturated heterocycles. The van der Waals surface area contributed by atoms with Crippen molar-refractivity contribution in [3.8, 4) is 0 Å². The van der Waals surface area contributed by atoms with Gasteiger partial charge in [0.1, 0.15) is 0 Å². The lowest BCUT2D eigenvalue weighted by molar-refractivity contribution is 0.605. The molecule has 0 spiro atoms. The summed E-state index contributed by atoms with van der Waals surface area (Å²) in [6.45, 7) is 7.10. The molecule has 0 bridgehead atoms. The average molecular weight is 258 g/mol. The van der Waals surface area contributed by atoms with E-state index in [1.54, 1.807) is 0 Å². The van der Waals surface area contributed by atoms with Crippen molar-refractivity contribution in [3.63, 3.8) is 0 Å². The van der Waals surface area contributed by atoms with Gasteiger partial charge < -0.3 is 11.1 Å². The molecule has 3 N–H and O–H groups in total. The second-order valence-electron chi connectivity index (χ2n) is 4.71. The number of para-hydroxylation sites is 1. The van der Waals surface area contributed by atoms with Gasteiger partial charge in [-0.1, -0.05) is 32.0 Å². The molecule has 0 radical (unpaired) electrons. The second-order valence-corrected chi connectivity index (χ2v) is 4.71. The van der Waals surface area contributed by atoms with Crippen molar-refractivity contribution >= 4 is 17.2 Å². The summed E-state index contributed by atoms with van der Waals surface area (Å²) in [6.07, 6.45) is 2.02. The number of rotatable bonds is 5. The molecular weight excluding hydrogens is 236 g/mol. The van der Waals surface area contributed by atoms with E-state index < -0.39 is 0 Å². The lowest BCUT2D eigenvalue weighted by Gasteiger charge is -2.13. The van der Waals surface area contributed by atoms with Gasteiger partial charge in [-0.25, -0.2) is 4.68 Å². The van der Waals surface area contributed by atoms with Gasteiger partial charge in [-0.3, -0.25) is 0 Å². The smallest absolute Gasteiger partial charge is 0.152 e. The van der Waals surface area contributed by atoms with Gasteiger partial charge in [-0.05, 0) is 31.4 Å². The molecule has 2 rings (SSSR count). The van der Waals surface area contributed by atoms with Gasteiger partial charge in [0.25, 0.3) is 0 Å². The normalized spacial score (nSPS) is 10.7. The Hall–Kier alpha value is -1.97. The number of anilines is 3. The highest BCUT2D eigenvalue weighted by Crippen LogP contribution is 2.28. The van der Waals surface area contributed by atoms with Crippen LogP contribution in [-0.4, -0.2) is 9.78 Å². The topological polar surface area (TPSA) is 55.9 Å². The van der Waals surface area contributed by atoms with Crippen molar-refractivity contribution in [2.24, 2.45) is 0 Å². The molecule has 0 saturated carbocycles. The van der Waals surface area contributed by atoms with Crippen LogP contribution in [0.2, 0.25) is 0 Å². The van der Waals surface area contributed by atoms with Crippen molar-refractivity contribution in [2.75, 3.05) is 11.1 Å². The standard InChI is InChI=1S/C15H22N4/c1-4-10-19-15(14(16)11(3)18-19)17-13-9-7-6-8-12(13)5-2/h6-9,17H,4-5,10,16H2,1-3H3. The monoisotopic (exact) mass is 258 g/mol. The van der Waals surface area contributed by atoms with Crippen molar-refractivity contribution in [1.29, 1.82) is 0 Å². The predicted molar refractivity (Wildman–Crippen MR) is 80.8 cm³/mol. The predicted octanol–water partition coefficient (Wildman–Crippen LogP) is 3.49. The fraction of sp³-hybridized carbons (Fsp3) is 0.400. The summed E-state index contributed by atoms with van der Waals surface area (Å²) in [6, 6.07) is 8.30. The molecule has 1 heterocycles. The zero-order chi connectivity index (χ0) is 13.8. The van der Waals surface area contributed by atoms with Gasteiger partial charge in [0, 0.05) is 12.2 Å². The first-order chi connectivity index (χ1) is 9.17. The highest BCUT2D eigenvalue weighted by molar-refractivity contribution is 5.72. The third-order valence-electron chi connectivity index (χ3n) is 3.26. The fourth-order valence-corrected chi connectivity index (χ4v) is 2.18. The number of nitrogens with one attached hydrogen (secondary N) is 1. The zero-order valence-electron chi connectivity index (χ0n) is 11.9. The maximum atomic E-state index is 6.13. The van der Waals surface area contributed by atoms with Crippen LogP contribution in [0, 0.1) is 6.92 Å². The summed E-state index contributed by atoms with van der Waals surface area (Å²) in [7, 11) is 0. The number of nitrogen functional groups attached to an aromatic ring is 1. The highest BCUT2D eigenvalue weighted by atomic mass is 15.3. The lowest BCUT2D eigenvalue weighted by atomic mass is 10.1. The second kappa shape index (κ2) is 5.78. The summed E-state index contributed by atoms with van der Waals surface area (Å²) in [5, 5.41) is 7.92. The molecule has 4 nitrogen and oxygen atoms in total. The molecular formula is C15H22N4. The maximum absolute atomic E-state index is 6.13. The minimum absolute atomic E-state index is 0.736. The summed E-state index contributed by atoms with van der Waals surface area (Å²) in [4.78, 5) is 0. The van der Waals surface area contributed by atoms with Crippen LogP contribution in [0.5, 0.6) is 0 Å². The van der Waals surface area contributed by atoms with E-state index in [9.17, 15) is 0 Å². The van der Waals surface area contributed by atoms with Crippen LogP contribution in [0.15, 0.2) is 24.3 Å². The molecule has 0 fully saturated rings. The average Bonchev–Trinajstić information content (AvgIpc) is 2.68. The Balaban J connectivity index is 2.37.